The summed E-state index contributed by atoms with van der Waals surface area (Å²) >= 11 is 0. The van der Waals surface area contributed by atoms with Crippen molar-refractivity contribution in [1.29, 1.82) is 0 Å². The summed E-state index contributed by atoms with van der Waals surface area (Å²) in [5.74, 6) is 1.89. The first-order chi connectivity index (χ1) is 15.2. The highest BCUT2D eigenvalue weighted by Crippen LogP contribution is 2.21. The Morgan fingerprint density at radius 1 is 1.10 bits per heavy atom. The Hall–Kier alpha value is -2.74. The van der Waals surface area contributed by atoms with E-state index in [4.69, 9.17) is 4.74 Å². The van der Waals surface area contributed by atoms with Crippen molar-refractivity contribution in [3.05, 3.63) is 42.7 Å². The third kappa shape index (κ3) is 5.70. The van der Waals surface area contributed by atoms with E-state index in [1.807, 2.05) is 6.33 Å². The molecule has 0 radical (unpaired) electrons. The minimum atomic E-state index is -0.231. The molecule has 1 saturated heterocycles. The third-order valence-corrected chi connectivity index (χ3v) is 5.82. The van der Waals surface area contributed by atoms with Crippen LogP contribution < -0.4 is 10.1 Å². The number of piperidine rings is 1. The molecular weight excluding hydrogens is 395 g/mol. The Morgan fingerprint density at radius 3 is 2.68 bits per heavy atom. The number of ether oxygens (including phenoxy) is 1. The summed E-state index contributed by atoms with van der Waals surface area (Å²) in [5, 5.41) is 3.32. The zero-order valence-electron chi connectivity index (χ0n) is 18.1. The fourth-order valence-electron chi connectivity index (χ4n) is 4.00. The lowest BCUT2D eigenvalue weighted by Gasteiger charge is -2.31. The van der Waals surface area contributed by atoms with Gasteiger partial charge in [-0.25, -0.2) is 19.3 Å². The molecule has 31 heavy (non-hydrogen) atoms. The van der Waals surface area contributed by atoms with Gasteiger partial charge in [0.1, 0.15) is 23.4 Å². The van der Waals surface area contributed by atoms with Crippen LogP contribution in [0.5, 0.6) is 5.75 Å². The van der Waals surface area contributed by atoms with Crippen LogP contribution in [0.1, 0.15) is 32.6 Å². The van der Waals surface area contributed by atoms with Gasteiger partial charge in [-0.15, -0.1) is 0 Å². The molecule has 2 aromatic heterocycles. The molecular formula is C23H31FN6O. The molecule has 0 bridgehead atoms. The lowest BCUT2D eigenvalue weighted by molar-refractivity contribution is 0.139. The fourth-order valence-corrected chi connectivity index (χ4v) is 4.00. The fraction of sp³-hybridized carbons (Fsp3) is 0.522. The van der Waals surface area contributed by atoms with Crippen LogP contribution in [0.2, 0.25) is 0 Å². The first-order valence-electron chi connectivity index (χ1n) is 11.2. The van der Waals surface area contributed by atoms with Gasteiger partial charge < -0.3 is 19.5 Å². The minimum Gasteiger partial charge on any atom is -0.493 e. The van der Waals surface area contributed by atoms with E-state index < -0.39 is 0 Å². The number of rotatable bonds is 10. The van der Waals surface area contributed by atoms with Gasteiger partial charge in [-0.05, 0) is 75.5 Å². The number of nitrogens with one attached hydrogen (secondary N) is 1. The number of aryl methyl sites for hydroxylation is 1. The number of anilines is 1. The summed E-state index contributed by atoms with van der Waals surface area (Å²) in [4.78, 5) is 15.8. The zero-order valence-corrected chi connectivity index (χ0v) is 18.1. The topological polar surface area (TPSA) is 68.1 Å². The maximum absolute atomic E-state index is 13.0. The number of likely N-dealkylation sites (tertiary alicyclic amines) is 1. The lowest BCUT2D eigenvalue weighted by Crippen LogP contribution is -2.36. The standard InChI is InChI=1S/C23H31FN6O/c1-2-10-25-22-21-23(27-16-26-22)30(17-28-21)12-3-11-29-13-8-18(9-14-29)15-31-20-6-4-19(24)5-7-20/h4-7,16-18H,2-3,8-15H2,1H3,(H,25,26,27). The number of hydrogen-bond acceptors (Lipinski definition) is 6. The Labute approximate surface area is 182 Å². The molecule has 0 amide bonds. The first-order valence-corrected chi connectivity index (χ1v) is 11.2. The second-order valence-electron chi connectivity index (χ2n) is 8.16. The summed E-state index contributed by atoms with van der Waals surface area (Å²) in [6.07, 6.45) is 7.85. The van der Waals surface area contributed by atoms with Gasteiger partial charge in [0.15, 0.2) is 11.5 Å². The number of hydrogen-bond donors (Lipinski definition) is 1. The molecule has 0 aliphatic carbocycles. The average molecular weight is 427 g/mol. The molecule has 0 spiro atoms. The third-order valence-electron chi connectivity index (χ3n) is 5.82. The second kappa shape index (κ2) is 10.5. The van der Waals surface area contributed by atoms with Crippen LogP contribution in [0.3, 0.4) is 0 Å². The quantitative estimate of drug-likeness (QED) is 0.529. The number of nitrogens with zero attached hydrogens (tertiary/aromatic N) is 5. The highest BCUT2D eigenvalue weighted by molar-refractivity contribution is 5.82. The SMILES string of the molecule is CCCNc1ncnc2c1ncn2CCCN1CCC(COc2ccc(F)cc2)CC1. The van der Waals surface area contributed by atoms with Gasteiger partial charge in [0.25, 0.3) is 0 Å². The molecule has 0 unspecified atom stereocenters. The van der Waals surface area contributed by atoms with Crippen molar-refractivity contribution in [3.8, 4) is 5.75 Å². The van der Waals surface area contributed by atoms with Crippen molar-refractivity contribution in [3.63, 3.8) is 0 Å². The Kier molecular flexibility index (Phi) is 7.30. The van der Waals surface area contributed by atoms with E-state index in [-0.39, 0.29) is 5.82 Å². The van der Waals surface area contributed by atoms with Crippen LogP contribution in [0.25, 0.3) is 11.2 Å². The van der Waals surface area contributed by atoms with Crippen molar-refractivity contribution in [2.45, 2.75) is 39.2 Å². The van der Waals surface area contributed by atoms with E-state index >= 15 is 0 Å². The van der Waals surface area contributed by atoms with E-state index in [1.54, 1.807) is 18.5 Å². The molecule has 4 rings (SSSR count). The van der Waals surface area contributed by atoms with Crippen molar-refractivity contribution in [2.24, 2.45) is 5.92 Å². The predicted octanol–water partition coefficient (Wildman–Crippen LogP) is 3.97. The number of imidazole rings is 1. The van der Waals surface area contributed by atoms with Gasteiger partial charge in [-0.3, -0.25) is 0 Å². The lowest BCUT2D eigenvalue weighted by atomic mass is 9.97. The van der Waals surface area contributed by atoms with Crippen molar-refractivity contribution < 1.29 is 9.13 Å². The largest absolute Gasteiger partial charge is 0.493 e. The van der Waals surface area contributed by atoms with E-state index in [0.29, 0.717) is 12.5 Å². The van der Waals surface area contributed by atoms with E-state index in [0.717, 1.165) is 81.1 Å². The number of benzene rings is 1. The normalized spacial score (nSPS) is 15.4. The number of halogens is 1. The summed E-state index contributed by atoms with van der Waals surface area (Å²) < 4.78 is 20.9. The maximum Gasteiger partial charge on any atom is 0.165 e. The van der Waals surface area contributed by atoms with Gasteiger partial charge in [-0.2, -0.15) is 0 Å². The van der Waals surface area contributed by atoms with Gasteiger partial charge in [0.2, 0.25) is 0 Å². The van der Waals surface area contributed by atoms with Gasteiger partial charge in [0, 0.05) is 13.1 Å². The number of fused-ring (bicyclic) bond motifs is 1. The monoisotopic (exact) mass is 426 g/mol. The van der Waals surface area contributed by atoms with Crippen molar-refractivity contribution in [1.82, 2.24) is 24.4 Å². The second-order valence-corrected chi connectivity index (χ2v) is 8.16. The van der Waals surface area contributed by atoms with E-state index in [2.05, 4.69) is 36.7 Å². The highest BCUT2D eigenvalue weighted by atomic mass is 19.1. The average Bonchev–Trinajstić information content (AvgIpc) is 3.22. The molecule has 1 fully saturated rings. The smallest absolute Gasteiger partial charge is 0.165 e. The van der Waals surface area contributed by atoms with Crippen LogP contribution in [0.4, 0.5) is 10.2 Å². The molecule has 1 aliphatic rings. The van der Waals surface area contributed by atoms with Crippen molar-refractivity contribution in [2.75, 3.05) is 38.1 Å². The molecule has 166 valence electrons. The van der Waals surface area contributed by atoms with Crippen LogP contribution >= 0.6 is 0 Å². The van der Waals surface area contributed by atoms with Gasteiger partial charge in [0.05, 0.1) is 12.9 Å². The molecule has 1 aromatic carbocycles. The molecule has 0 saturated carbocycles. The van der Waals surface area contributed by atoms with E-state index in [9.17, 15) is 4.39 Å². The number of aromatic nitrogens is 4. The van der Waals surface area contributed by atoms with Crippen LogP contribution in [-0.4, -0.2) is 57.2 Å². The van der Waals surface area contributed by atoms with Crippen LogP contribution in [0.15, 0.2) is 36.9 Å². The predicted molar refractivity (Wildman–Crippen MR) is 120 cm³/mol. The summed E-state index contributed by atoms with van der Waals surface area (Å²) in [5.41, 5.74) is 1.74. The molecule has 3 heterocycles. The highest BCUT2D eigenvalue weighted by Gasteiger charge is 2.19. The molecule has 7 nitrogen and oxygen atoms in total. The van der Waals surface area contributed by atoms with Gasteiger partial charge >= 0.3 is 0 Å². The summed E-state index contributed by atoms with van der Waals surface area (Å²) in [6.45, 7) is 7.86. The molecule has 8 heteroatoms. The molecule has 1 N–H and O–H groups in total. The van der Waals surface area contributed by atoms with Crippen molar-refractivity contribution >= 4 is 17.0 Å². The zero-order chi connectivity index (χ0) is 21.5. The molecule has 0 atom stereocenters. The Bertz CT molecular complexity index is 952. The Morgan fingerprint density at radius 2 is 1.90 bits per heavy atom. The first kappa shape index (κ1) is 21.5. The summed E-state index contributed by atoms with van der Waals surface area (Å²) in [6, 6.07) is 6.27. The summed E-state index contributed by atoms with van der Waals surface area (Å²) in [7, 11) is 0. The molecule has 3 aromatic rings. The van der Waals surface area contributed by atoms with Crippen LogP contribution in [0, 0.1) is 11.7 Å². The molecule has 1 aliphatic heterocycles. The van der Waals surface area contributed by atoms with Crippen LogP contribution in [-0.2, 0) is 6.54 Å². The minimum absolute atomic E-state index is 0.231. The van der Waals surface area contributed by atoms with Gasteiger partial charge in [-0.1, -0.05) is 6.92 Å². The van der Waals surface area contributed by atoms with E-state index in [1.165, 1.54) is 12.1 Å². The maximum atomic E-state index is 13.0. The Balaban J connectivity index is 1.19.